The van der Waals surface area contributed by atoms with Crippen molar-refractivity contribution in [2.75, 3.05) is 26.9 Å². The van der Waals surface area contributed by atoms with Crippen LogP contribution in [0.3, 0.4) is 0 Å². The fourth-order valence-electron chi connectivity index (χ4n) is 5.46. The molecule has 6 heteroatoms. The number of methoxy groups -OCH3 is 1. The molecule has 4 aliphatic rings. The van der Waals surface area contributed by atoms with E-state index in [1.807, 2.05) is 0 Å². The van der Waals surface area contributed by atoms with Crippen LogP contribution in [0, 0.1) is 17.3 Å². The number of carbonyl (C=O) groups excluding carboxylic acids is 2. The van der Waals surface area contributed by atoms with Crippen LogP contribution < -0.4 is 5.32 Å². The van der Waals surface area contributed by atoms with Crippen LogP contribution in [0.25, 0.3) is 0 Å². The van der Waals surface area contributed by atoms with E-state index in [4.69, 9.17) is 9.47 Å². The minimum atomic E-state index is -0.568. The molecule has 2 unspecified atom stereocenters. The molecule has 4 atom stereocenters. The van der Waals surface area contributed by atoms with Gasteiger partial charge in [0.15, 0.2) is 6.61 Å². The number of hydrogen-bond donors (Lipinski definition) is 2. The van der Waals surface area contributed by atoms with Crippen LogP contribution >= 0.6 is 0 Å². The van der Waals surface area contributed by atoms with E-state index in [1.165, 1.54) is 6.42 Å². The summed E-state index contributed by atoms with van der Waals surface area (Å²) in [6, 6.07) is 0. The Morgan fingerprint density at radius 3 is 2.52 bits per heavy atom. The Balaban J connectivity index is 1.47. The van der Waals surface area contributed by atoms with Gasteiger partial charge in [-0.05, 0) is 55.8 Å². The summed E-state index contributed by atoms with van der Waals surface area (Å²) in [5.41, 5.74) is -0.676. The van der Waals surface area contributed by atoms with Crippen molar-refractivity contribution in [3.8, 4) is 0 Å². The molecule has 130 valence electrons. The number of rotatable bonds is 7. The molecule has 0 heterocycles. The molecule has 0 aromatic rings. The summed E-state index contributed by atoms with van der Waals surface area (Å²) in [5.74, 6) is 0.467. The molecule has 0 radical (unpaired) electrons. The standard InChI is InChI=1S/C17H27NO5/c1-22-3-2-18-14(19)10-23-15(20)9-16-5-12-4-13(6-16)8-17(21,7-12)11-16/h12-13,21H,2-11H2,1H3,(H,18,19)/t12-,13+,16?,17?. The summed E-state index contributed by atoms with van der Waals surface area (Å²) in [6.45, 7) is 0.604. The molecule has 23 heavy (non-hydrogen) atoms. The Kier molecular flexibility index (Phi) is 4.65. The van der Waals surface area contributed by atoms with Gasteiger partial charge in [0.1, 0.15) is 0 Å². The third-order valence-corrected chi connectivity index (χ3v) is 5.66. The maximum atomic E-state index is 12.2. The smallest absolute Gasteiger partial charge is 0.306 e. The normalized spacial score (nSPS) is 37.7. The maximum Gasteiger partial charge on any atom is 0.306 e. The predicted molar refractivity (Wildman–Crippen MR) is 82.5 cm³/mol. The van der Waals surface area contributed by atoms with Crippen molar-refractivity contribution in [3.05, 3.63) is 0 Å². The minimum absolute atomic E-state index is 0.109. The molecule has 0 spiro atoms. The lowest BCUT2D eigenvalue weighted by atomic mass is 9.47. The number of esters is 1. The van der Waals surface area contributed by atoms with E-state index >= 15 is 0 Å². The second-order valence-electron chi connectivity index (χ2n) is 7.87. The van der Waals surface area contributed by atoms with E-state index in [9.17, 15) is 14.7 Å². The zero-order valence-electron chi connectivity index (χ0n) is 13.8. The molecule has 4 bridgehead atoms. The Morgan fingerprint density at radius 2 is 1.91 bits per heavy atom. The van der Waals surface area contributed by atoms with Crippen molar-refractivity contribution in [3.63, 3.8) is 0 Å². The molecule has 0 aromatic carbocycles. The summed E-state index contributed by atoms with van der Waals surface area (Å²) in [6.07, 6.45) is 6.04. The molecule has 0 aromatic heterocycles. The zero-order valence-corrected chi connectivity index (χ0v) is 13.8. The number of nitrogens with one attached hydrogen (secondary N) is 1. The van der Waals surface area contributed by atoms with E-state index in [1.54, 1.807) is 7.11 Å². The summed E-state index contributed by atoms with van der Waals surface area (Å²) in [5, 5.41) is 13.3. The van der Waals surface area contributed by atoms with Crippen LogP contribution in [0.4, 0.5) is 0 Å². The molecular formula is C17H27NO5. The highest BCUT2D eigenvalue weighted by Gasteiger charge is 2.57. The third-order valence-electron chi connectivity index (χ3n) is 5.66. The largest absolute Gasteiger partial charge is 0.456 e. The average Bonchev–Trinajstić information content (AvgIpc) is 2.42. The van der Waals surface area contributed by atoms with Crippen molar-refractivity contribution in [2.24, 2.45) is 17.3 Å². The van der Waals surface area contributed by atoms with E-state index in [-0.39, 0.29) is 23.9 Å². The van der Waals surface area contributed by atoms with E-state index < -0.39 is 5.60 Å². The topological polar surface area (TPSA) is 84.9 Å². The van der Waals surface area contributed by atoms with Crippen LogP contribution in [0.2, 0.25) is 0 Å². The molecule has 4 aliphatic carbocycles. The second-order valence-corrected chi connectivity index (χ2v) is 7.87. The van der Waals surface area contributed by atoms with Gasteiger partial charge in [0.25, 0.3) is 5.91 Å². The lowest BCUT2D eigenvalue weighted by Gasteiger charge is -2.60. The number of hydrogen-bond acceptors (Lipinski definition) is 5. The monoisotopic (exact) mass is 325 g/mol. The fourth-order valence-corrected chi connectivity index (χ4v) is 5.46. The van der Waals surface area contributed by atoms with Crippen molar-refractivity contribution in [1.82, 2.24) is 5.32 Å². The second kappa shape index (κ2) is 6.40. The molecule has 1 amide bonds. The van der Waals surface area contributed by atoms with Crippen LogP contribution in [0.15, 0.2) is 0 Å². The van der Waals surface area contributed by atoms with E-state index in [2.05, 4.69) is 5.32 Å². The van der Waals surface area contributed by atoms with Crippen molar-refractivity contribution in [1.29, 1.82) is 0 Å². The summed E-state index contributed by atoms with van der Waals surface area (Å²) in [4.78, 5) is 23.7. The number of aliphatic hydroxyl groups is 1. The first-order valence-electron chi connectivity index (χ1n) is 8.56. The molecule has 2 N–H and O–H groups in total. The van der Waals surface area contributed by atoms with Crippen LogP contribution in [0.1, 0.15) is 44.9 Å². The Hall–Kier alpha value is -1.14. The quantitative estimate of drug-likeness (QED) is 0.539. The number of carbonyl (C=O) groups is 2. The van der Waals surface area contributed by atoms with Gasteiger partial charge in [0.05, 0.1) is 18.6 Å². The minimum Gasteiger partial charge on any atom is -0.456 e. The molecule has 4 rings (SSSR count). The van der Waals surface area contributed by atoms with Gasteiger partial charge in [-0.2, -0.15) is 0 Å². The molecular weight excluding hydrogens is 298 g/mol. The fraction of sp³-hybridized carbons (Fsp3) is 0.882. The highest BCUT2D eigenvalue weighted by atomic mass is 16.5. The zero-order chi connectivity index (χ0) is 16.5. The third kappa shape index (κ3) is 3.86. The van der Waals surface area contributed by atoms with Crippen LogP contribution in [-0.4, -0.2) is 49.5 Å². The van der Waals surface area contributed by atoms with Gasteiger partial charge < -0.3 is 19.9 Å². The number of amides is 1. The van der Waals surface area contributed by atoms with Gasteiger partial charge in [0.2, 0.25) is 0 Å². The Bertz CT molecular complexity index is 464. The molecule has 6 nitrogen and oxygen atoms in total. The molecule has 0 aliphatic heterocycles. The Labute approximate surface area is 136 Å². The first kappa shape index (κ1) is 16.7. The molecule has 4 saturated carbocycles. The van der Waals surface area contributed by atoms with Crippen LogP contribution in [0.5, 0.6) is 0 Å². The van der Waals surface area contributed by atoms with E-state index in [0.29, 0.717) is 37.8 Å². The Morgan fingerprint density at radius 1 is 1.22 bits per heavy atom. The van der Waals surface area contributed by atoms with E-state index in [0.717, 1.165) is 25.7 Å². The highest BCUT2D eigenvalue weighted by Crippen LogP contribution is 2.62. The van der Waals surface area contributed by atoms with Gasteiger partial charge in [-0.25, -0.2) is 0 Å². The van der Waals surface area contributed by atoms with Gasteiger partial charge in [-0.3, -0.25) is 9.59 Å². The highest BCUT2D eigenvalue weighted by molar-refractivity contribution is 5.80. The lowest BCUT2D eigenvalue weighted by molar-refractivity contribution is -0.177. The summed E-state index contributed by atoms with van der Waals surface area (Å²) >= 11 is 0. The SMILES string of the molecule is COCCNC(=O)COC(=O)CC12C[C@@H]3C[C@@H](CC(O)(C3)C1)C2. The molecule has 4 fully saturated rings. The van der Waals surface area contributed by atoms with Gasteiger partial charge in [0, 0.05) is 13.7 Å². The molecule has 0 saturated heterocycles. The summed E-state index contributed by atoms with van der Waals surface area (Å²) < 4.78 is 9.97. The van der Waals surface area contributed by atoms with Crippen molar-refractivity contribution < 1.29 is 24.2 Å². The van der Waals surface area contributed by atoms with Crippen molar-refractivity contribution in [2.45, 2.75) is 50.5 Å². The van der Waals surface area contributed by atoms with Crippen LogP contribution in [-0.2, 0) is 19.1 Å². The van der Waals surface area contributed by atoms with Crippen molar-refractivity contribution >= 4 is 11.9 Å². The predicted octanol–water partition coefficient (Wildman–Crippen LogP) is 1.01. The first-order chi connectivity index (χ1) is 10.9. The van der Waals surface area contributed by atoms with Gasteiger partial charge in [-0.15, -0.1) is 0 Å². The average molecular weight is 325 g/mol. The number of ether oxygens (including phenoxy) is 2. The summed E-state index contributed by atoms with van der Waals surface area (Å²) in [7, 11) is 1.56. The lowest BCUT2D eigenvalue weighted by Crippen LogP contribution is -2.56. The maximum absolute atomic E-state index is 12.2. The van der Waals surface area contributed by atoms with Gasteiger partial charge in [-0.1, -0.05) is 0 Å². The van der Waals surface area contributed by atoms with Gasteiger partial charge >= 0.3 is 5.97 Å². The first-order valence-corrected chi connectivity index (χ1v) is 8.56.